The number of hydrogen-bond acceptors (Lipinski definition) is 8. The Bertz CT molecular complexity index is 957. The highest BCUT2D eigenvalue weighted by Crippen LogP contribution is 2.36. The van der Waals surface area contributed by atoms with Crippen molar-refractivity contribution < 1.29 is 18.8 Å². The largest absolute Gasteiger partial charge is 0.494 e. The Hall–Kier alpha value is -2.20. The number of nitrogens with zero attached hydrogens (tertiary/aromatic N) is 4. The van der Waals surface area contributed by atoms with E-state index in [1.165, 1.54) is 17.5 Å². The highest BCUT2D eigenvalue weighted by atomic mass is 35.5. The molecular formula is C19H23ClN4O4S. The lowest BCUT2D eigenvalue weighted by atomic mass is 10.2. The fraction of sp³-hybridized carbons (Fsp3) is 0.421. The van der Waals surface area contributed by atoms with Crippen LogP contribution in [0.15, 0.2) is 28.9 Å². The summed E-state index contributed by atoms with van der Waals surface area (Å²) in [6, 6.07) is 5.47. The summed E-state index contributed by atoms with van der Waals surface area (Å²) in [5, 5.41) is 4.29. The Balaban J connectivity index is 0.00000240. The van der Waals surface area contributed by atoms with Gasteiger partial charge >= 0.3 is 0 Å². The van der Waals surface area contributed by atoms with Gasteiger partial charge in [0, 0.05) is 32.2 Å². The minimum absolute atomic E-state index is 0. The molecule has 8 nitrogen and oxygen atoms in total. The summed E-state index contributed by atoms with van der Waals surface area (Å²) in [6.45, 7) is 6.41. The van der Waals surface area contributed by atoms with E-state index >= 15 is 0 Å². The van der Waals surface area contributed by atoms with Gasteiger partial charge in [-0.25, -0.2) is 4.98 Å². The maximum atomic E-state index is 13.1. The second-order valence-electron chi connectivity index (χ2n) is 6.55. The summed E-state index contributed by atoms with van der Waals surface area (Å²) < 4.78 is 17.0. The molecule has 0 saturated carbocycles. The SMILES string of the molecule is COc1ccc(C)c2sc(N(CCN3CCOCC3)C(=O)c3ccno3)nc12.Cl. The maximum Gasteiger partial charge on any atom is 0.298 e. The molecule has 4 rings (SSSR count). The van der Waals surface area contributed by atoms with Crippen LogP contribution >= 0.6 is 23.7 Å². The van der Waals surface area contributed by atoms with E-state index in [1.807, 2.05) is 19.1 Å². The van der Waals surface area contributed by atoms with Gasteiger partial charge in [-0.05, 0) is 18.6 Å². The number of thiazole rings is 1. The van der Waals surface area contributed by atoms with Crippen LogP contribution in [0.5, 0.6) is 5.75 Å². The quantitative estimate of drug-likeness (QED) is 0.585. The van der Waals surface area contributed by atoms with Crippen LogP contribution in [0, 0.1) is 6.92 Å². The molecule has 1 aromatic carbocycles. The third-order valence-electron chi connectivity index (χ3n) is 4.78. The van der Waals surface area contributed by atoms with Gasteiger partial charge < -0.3 is 14.0 Å². The smallest absolute Gasteiger partial charge is 0.298 e. The van der Waals surface area contributed by atoms with E-state index in [2.05, 4.69) is 10.1 Å². The number of anilines is 1. The van der Waals surface area contributed by atoms with Gasteiger partial charge in [-0.3, -0.25) is 14.6 Å². The number of rotatable bonds is 6. The van der Waals surface area contributed by atoms with Crippen LogP contribution in [0.1, 0.15) is 16.1 Å². The van der Waals surface area contributed by atoms with Crippen molar-refractivity contribution in [1.29, 1.82) is 0 Å². The fourth-order valence-electron chi connectivity index (χ4n) is 3.19. The zero-order valence-corrected chi connectivity index (χ0v) is 17.9. The van der Waals surface area contributed by atoms with Gasteiger partial charge in [-0.2, -0.15) is 0 Å². The highest BCUT2D eigenvalue weighted by Gasteiger charge is 2.26. The molecule has 0 atom stereocenters. The number of morpholine rings is 1. The average molecular weight is 439 g/mol. The van der Waals surface area contributed by atoms with E-state index in [0.29, 0.717) is 30.6 Å². The average Bonchev–Trinajstić information content (AvgIpc) is 3.40. The first-order valence-corrected chi connectivity index (χ1v) is 9.96. The van der Waals surface area contributed by atoms with Crippen molar-refractivity contribution in [1.82, 2.24) is 15.0 Å². The zero-order chi connectivity index (χ0) is 19.5. The summed E-state index contributed by atoms with van der Waals surface area (Å²) in [5.41, 5.74) is 1.86. The lowest BCUT2D eigenvalue weighted by Crippen LogP contribution is -2.43. The number of fused-ring (bicyclic) bond motifs is 1. The number of ether oxygens (including phenoxy) is 2. The third-order valence-corrected chi connectivity index (χ3v) is 5.99. The van der Waals surface area contributed by atoms with Crippen LogP contribution in [0.3, 0.4) is 0 Å². The number of halogens is 1. The van der Waals surface area contributed by atoms with Crippen molar-refractivity contribution in [3.63, 3.8) is 0 Å². The van der Waals surface area contributed by atoms with Crippen molar-refractivity contribution in [3.05, 3.63) is 35.7 Å². The molecule has 156 valence electrons. The number of aryl methyl sites for hydroxylation is 1. The molecule has 2 aromatic heterocycles. The number of methoxy groups -OCH3 is 1. The summed E-state index contributed by atoms with van der Waals surface area (Å²) in [7, 11) is 1.62. The molecule has 0 unspecified atom stereocenters. The maximum absolute atomic E-state index is 13.1. The van der Waals surface area contributed by atoms with Crippen LogP contribution in [0.4, 0.5) is 5.13 Å². The Morgan fingerprint density at radius 2 is 2.10 bits per heavy atom. The van der Waals surface area contributed by atoms with Crippen LogP contribution in [0.2, 0.25) is 0 Å². The monoisotopic (exact) mass is 438 g/mol. The molecule has 0 N–H and O–H groups in total. The minimum Gasteiger partial charge on any atom is -0.494 e. The zero-order valence-electron chi connectivity index (χ0n) is 16.3. The Morgan fingerprint density at radius 1 is 1.31 bits per heavy atom. The van der Waals surface area contributed by atoms with Gasteiger partial charge in [0.05, 0.1) is 31.2 Å². The molecule has 0 radical (unpaired) electrons. The van der Waals surface area contributed by atoms with Crippen LogP contribution in [-0.4, -0.2) is 67.5 Å². The second kappa shape index (κ2) is 9.53. The number of amides is 1. The first kappa shape index (κ1) is 21.5. The normalized spacial score (nSPS) is 14.6. The molecule has 3 aromatic rings. The van der Waals surface area contributed by atoms with Crippen LogP contribution in [0.25, 0.3) is 10.2 Å². The Labute approximate surface area is 178 Å². The molecule has 1 amide bonds. The minimum atomic E-state index is -0.249. The molecule has 29 heavy (non-hydrogen) atoms. The number of aromatic nitrogens is 2. The first-order valence-electron chi connectivity index (χ1n) is 9.14. The van der Waals surface area contributed by atoms with Crippen molar-refractivity contribution in [2.45, 2.75) is 6.92 Å². The molecule has 0 bridgehead atoms. The Kier molecular flexibility index (Phi) is 7.07. The van der Waals surface area contributed by atoms with Crippen LogP contribution in [-0.2, 0) is 4.74 Å². The summed E-state index contributed by atoms with van der Waals surface area (Å²) in [4.78, 5) is 21.8. The lowest BCUT2D eigenvalue weighted by Gasteiger charge is -2.28. The van der Waals surface area contributed by atoms with Gasteiger partial charge in [-0.1, -0.05) is 22.6 Å². The summed E-state index contributed by atoms with van der Waals surface area (Å²) in [6.07, 6.45) is 1.47. The van der Waals surface area contributed by atoms with E-state index < -0.39 is 0 Å². The first-order chi connectivity index (χ1) is 13.7. The van der Waals surface area contributed by atoms with E-state index in [4.69, 9.17) is 19.0 Å². The standard InChI is InChI=1S/C19H22N4O4S.ClH/c1-13-3-4-14(25-2)16-17(13)28-19(21-16)23(18(24)15-5-6-20-27-15)8-7-22-9-11-26-12-10-22;/h3-6H,7-12H2,1-2H3;1H. The van der Waals surface area contributed by atoms with Gasteiger partial charge in [0.15, 0.2) is 5.13 Å². The topological polar surface area (TPSA) is 80.9 Å². The van der Waals surface area contributed by atoms with E-state index in [-0.39, 0.29) is 24.1 Å². The molecule has 1 aliphatic rings. The number of benzene rings is 1. The molecule has 1 aliphatic heterocycles. The molecule has 0 aliphatic carbocycles. The molecule has 3 heterocycles. The van der Waals surface area contributed by atoms with Gasteiger partial charge in [0.1, 0.15) is 11.3 Å². The number of carbonyl (C=O) groups is 1. The van der Waals surface area contributed by atoms with Crippen molar-refractivity contribution in [2.75, 3.05) is 51.4 Å². The number of carbonyl (C=O) groups excluding carboxylic acids is 1. The van der Waals surface area contributed by atoms with Crippen molar-refractivity contribution in [2.24, 2.45) is 0 Å². The lowest BCUT2D eigenvalue weighted by molar-refractivity contribution is 0.0390. The Morgan fingerprint density at radius 3 is 2.79 bits per heavy atom. The van der Waals surface area contributed by atoms with Crippen molar-refractivity contribution >= 4 is 45.0 Å². The summed E-state index contributed by atoms with van der Waals surface area (Å²) >= 11 is 1.48. The van der Waals surface area contributed by atoms with Gasteiger partial charge in [0.25, 0.3) is 5.91 Å². The number of hydrogen-bond donors (Lipinski definition) is 0. The summed E-state index contributed by atoms with van der Waals surface area (Å²) in [5.74, 6) is 0.648. The van der Waals surface area contributed by atoms with Gasteiger partial charge in [0.2, 0.25) is 5.76 Å². The van der Waals surface area contributed by atoms with E-state index in [1.54, 1.807) is 18.1 Å². The van der Waals surface area contributed by atoms with Crippen LogP contribution < -0.4 is 9.64 Å². The predicted molar refractivity (Wildman–Crippen MR) is 114 cm³/mol. The van der Waals surface area contributed by atoms with Gasteiger partial charge in [-0.15, -0.1) is 12.4 Å². The molecule has 10 heteroatoms. The molecule has 1 saturated heterocycles. The second-order valence-corrected chi connectivity index (χ2v) is 7.52. The highest BCUT2D eigenvalue weighted by molar-refractivity contribution is 7.22. The van der Waals surface area contributed by atoms with E-state index in [0.717, 1.165) is 35.4 Å². The van der Waals surface area contributed by atoms with Crippen molar-refractivity contribution in [3.8, 4) is 5.75 Å². The molecular weight excluding hydrogens is 416 g/mol. The molecule has 0 spiro atoms. The van der Waals surface area contributed by atoms with E-state index in [9.17, 15) is 4.79 Å². The molecule has 1 fully saturated rings. The third kappa shape index (κ3) is 4.53. The fourth-order valence-corrected chi connectivity index (χ4v) is 4.26. The predicted octanol–water partition coefficient (Wildman–Crippen LogP) is 3.00.